The minimum atomic E-state index is -0.224. The lowest BCUT2D eigenvalue weighted by atomic mass is 10.1. The predicted octanol–water partition coefficient (Wildman–Crippen LogP) is 1.33. The van der Waals surface area contributed by atoms with Crippen molar-refractivity contribution in [3.8, 4) is 0 Å². The van der Waals surface area contributed by atoms with Crippen LogP contribution in [0.4, 0.5) is 0 Å². The number of hydrogen-bond acceptors (Lipinski definition) is 4. The SMILES string of the molecule is O=C1CCC(C(=O)NCCc2ccc(Cl)s2)=NN1. The monoisotopic (exact) mass is 285 g/mol. The summed E-state index contributed by atoms with van der Waals surface area (Å²) in [6.45, 7) is 0.530. The van der Waals surface area contributed by atoms with E-state index in [2.05, 4.69) is 15.8 Å². The Morgan fingerprint density at radius 3 is 2.94 bits per heavy atom. The smallest absolute Gasteiger partial charge is 0.267 e. The summed E-state index contributed by atoms with van der Waals surface area (Å²) in [6, 6.07) is 3.78. The number of nitrogens with one attached hydrogen (secondary N) is 2. The van der Waals surface area contributed by atoms with Gasteiger partial charge in [0, 0.05) is 24.3 Å². The van der Waals surface area contributed by atoms with E-state index in [9.17, 15) is 9.59 Å². The molecule has 18 heavy (non-hydrogen) atoms. The molecule has 0 aromatic carbocycles. The van der Waals surface area contributed by atoms with Gasteiger partial charge in [-0.3, -0.25) is 9.59 Å². The van der Waals surface area contributed by atoms with Crippen molar-refractivity contribution in [2.24, 2.45) is 5.10 Å². The zero-order valence-corrected chi connectivity index (χ0v) is 11.1. The molecular formula is C11H12ClN3O2S. The van der Waals surface area contributed by atoms with Crippen molar-refractivity contribution in [3.63, 3.8) is 0 Å². The van der Waals surface area contributed by atoms with Crippen LogP contribution in [-0.4, -0.2) is 24.1 Å². The van der Waals surface area contributed by atoms with Crippen molar-refractivity contribution in [3.05, 3.63) is 21.3 Å². The second-order valence-corrected chi connectivity index (χ2v) is 5.60. The van der Waals surface area contributed by atoms with Gasteiger partial charge in [0.25, 0.3) is 5.91 Å². The molecule has 0 fully saturated rings. The summed E-state index contributed by atoms with van der Waals surface area (Å²) >= 11 is 7.31. The third-order valence-electron chi connectivity index (χ3n) is 2.45. The molecule has 0 spiro atoms. The molecule has 2 amide bonds. The van der Waals surface area contributed by atoms with E-state index in [1.807, 2.05) is 12.1 Å². The molecule has 96 valence electrons. The third kappa shape index (κ3) is 3.54. The molecule has 1 aromatic heterocycles. The van der Waals surface area contributed by atoms with E-state index >= 15 is 0 Å². The molecule has 0 atom stereocenters. The van der Waals surface area contributed by atoms with E-state index in [-0.39, 0.29) is 11.8 Å². The highest BCUT2D eigenvalue weighted by Crippen LogP contribution is 2.21. The van der Waals surface area contributed by atoms with Gasteiger partial charge in [0.1, 0.15) is 5.71 Å². The molecule has 5 nitrogen and oxygen atoms in total. The first-order valence-corrected chi connectivity index (χ1v) is 6.72. The number of amides is 2. The lowest BCUT2D eigenvalue weighted by Crippen LogP contribution is -2.37. The van der Waals surface area contributed by atoms with Crippen LogP contribution in [0.5, 0.6) is 0 Å². The maximum Gasteiger partial charge on any atom is 0.267 e. The normalized spacial score (nSPS) is 14.9. The molecule has 1 aliphatic heterocycles. The lowest BCUT2D eigenvalue weighted by Gasteiger charge is -2.11. The van der Waals surface area contributed by atoms with Gasteiger partial charge in [-0.25, -0.2) is 5.43 Å². The van der Waals surface area contributed by atoms with Gasteiger partial charge in [0.2, 0.25) is 5.91 Å². The van der Waals surface area contributed by atoms with Crippen molar-refractivity contribution in [2.75, 3.05) is 6.54 Å². The Morgan fingerprint density at radius 2 is 2.33 bits per heavy atom. The van der Waals surface area contributed by atoms with E-state index in [0.29, 0.717) is 25.1 Å². The van der Waals surface area contributed by atoms with E-state index in [1.54, 1.807) is 0 Å². The Kier molecular flexibility index (Phi) is 4.33. The second-order valence-electron chi connectivity index (χ2n) is 3.81. The number of hydrogen-bond donors (Lipinski definition) is 2. The van der Waals surface area contributed by atoms with Crippen molar-refractivity contribution in [1.29, 1.82) is 0 Å². The Hall–Kier alpha value is -1.40. The van der Waals surface area contributed by atoms with Crippen LogP contribution < -0.4 is 10.7 Å². The fraction of sp³-hybridized carbons (Fsp3) is 0.364. The van der Waals surface area contributed by atoms with Crippen LogP contribution in [0.2, 0.25) is 4.34 Å². The highest BCUT2D eigenvalue weighted by atomic mass is 35.5. The number of rotatable bonds is 4. The Balaban J connectivity index is 1.77. The molecule has 0 radical (unpaired) electrons. The topological polar surface area (TPSA) is 70.6 Å². The molecule has 0 saturated carbocycles. The molecule has 0 unspecified atom stereocenters. The van der Waals surface area contributed by atoms with E-state index in [4.69, 9.17) is 11.6 Å². The van der Waals surface area contributed by atoms with Gasteiger partial charge in [0.15, 0.2) is 0 Å². The fourth-order valence-electron chi connectivity index (χ4n) is 1.53. The summed E-state index contributed by atoms with van der Waals surface area (Å²) in [5.74, 6) is -0.377. The molecule has 2 N–H and O–H groups in total. The third-order valence-corrected chi connectivity index (χ3v) is 3.74. The number of halogens is 1. The molecule has 7 heteroatoms. The molecule has 2 rings (SSSR count). The van der Waals surface area contributed by atoms with Crippen LogP contribution in [0, 0.1) is 0 Å². The minimum absolute atomic E-state index is 0.153. The van der Waals surface area contributed by atoms with Crippen molar-refractivity contribution in [1.82, 2.24) is 10.7 Å². The van der Waals surface area contributed by atoms with Crippen molar-refractivity contribution < 1.29 is 9.59 Å². The van der Waals surface area contributed by atoms with Crippen molar-refractivity contribution >= 4 is 40.5 Å². The summed E-state index contributed by atoms with van der Waals surface area (Å²) in [6.07, 6.45) is 1.44. The molecule has 2 heterocycles. The van der Waals surface area contributed by atoms with Crippen LogP contribution in [0.3, 0.4) is 0 Å². The van der Waals surface area contributed by atoms with E-state index in [1.165, 1.54) is 11.3 Å². The number of hydrazone groups is 1. The zero-order valence-electron chi connectivity index (χ0n) is 9.53. The van der Waals surface area contributed by atoms with Gasteiger partial charge >= 0.3 is 0 Å². The predicted molar refractivity (Wildman–Crippen MR) is 70.9 cm³/mol. The minimum Gasteiger partial charge on any atom is -0.351 e. The van der Waals surface area contributed by atoms with Gasteiger partial charge < -0.3 is 5.32 Å². The average Bonchev–Trinajstić information content (AvgIpc) is 2.76. The van der Waals surface area contributed by atoms with Gasteiger partial charge in [-0.15, -0.1) is 11.3 Å². The Morgan fingerprint density at radius 1 is 1.50 bits per heavy atom. The molecular weight excluding hydrogens is 274 g/mol. The second kappa shape index (κ2) is 5.97. The van der Waals surface area contributed by atoms with Crippen molar-refractivity contribution in [2.45, 2.75) is 19.3 Å². The lowest BCUT2D eigenvalue weighted by molar-refractivity contribution is -0.121. The molecule has 0 aliphatic carbocycles. The quantitative estimate of drug-likeness (QED) is 0.876. The maximum absolute atomic E-state index is 11.7. The summed E-state index contributed by atoms with van der Waals surface area (Å²) in [5.41, 5.74) is 2.67. The number of carbonyl (C=O) groups excluding carboxylic acids is 2. The summed E-state index contributed by atoms with van der Waals surface area (Å²) < 4.78 is 0.746. The highest BCUT2D eigenvalue weighted by molar-refractivity contribution is 7.16. The first-order valence-electron chi connectivity index (χ1n) is 5.53. The number of thiophene rings is 1. The summed E-state index contributed by atoms with van der Waals surface area (Å²) in [7, 11) is 0. The standard InChI is InChI=1S/C11H12ClN3O2S/c12-9-3-1-7(18-9)5-6-13-11(17)8-2-4-10(16)15-14-8/h1,3H,2,4-6H2,(H,13,17)(H,15,16). The maximum atomic E-state index is 11.7. The fourth-order valence-corrected chi connectivity index (χ4v) is 2.61. The Labute approximate surface area is 113 Å². The average molecular weight is 286 g/mol. The molecule has 1 aliphatic rings. The van der Waals surface area contributed by atoms with E-state index in [0.717, 1.165) is 15.6 Å². The first kappa shape index (κ1) is 13.0. The zero-order chi connectivity index (χ0) is 13.0. The van der Waals surface area contributed by atoms with Crippen LogP contribution in [0.15, 0.2) is 17.2 Å². The van der Waals surface area contributed by atoms with Gasteiger partial charge in [-0.05, 0) is 18.6 Å². The van der Waals surface area contributed by atoms with Gasteiger partial charge in [-0.2, -0.15) is 5.10 Å². The first-order chi connectivity index (χ1) is 8.65. The largest absolute Gasteiger partial charge is 0.351 e. The number of carbonyl (C=O) groups is 2. The van der Waals surface area contributed by atoms with Crippen LogP contribution >= 0.6 is 22.9 Å². The molecule has 1 aromatic rings. The van der Waals surface area contributed by atoms with Gasteiger partial charge in [0.05, 0.1) is 4.34 Å². The summed E-state index contributed by atoms with van der Waals surface area (Å²) in [4.78, 5) is 23.7. The van der Waals surface area contributed by atoms with E-state index < -0.39 is 0 Å². The highest BCUT2D eigenvalue weighted by Gasteiger charge is 2.17. The van der Waals surface area contributed by atoms with Crippen LogP contribution in [0.25, 0.3) is 0 Å². The summed E-state index contributed by atoms with van der Waals surface area (Å²) in [5, 5.41) is 6.49. The van der Waals surface area contributed by atoms with Gasteiger partial charge in [-0.1, -0.05) is 11.6 Å². The molecule has 0 saturated heterocycles. The Bertz CT molecular complexity index is 498. The molecule has 0 bridgehead atoms. The van der Waals surface area contributed by atoms with Crippen LogP contribution in [-0.2, 0) is 16.0 Å². The number of nitrogens with zero attached hydrogens (tertiary/aromatic N) is 1. The van der Waals surface area contributed by atoms with Crippen LogP contribution in [0.1, 0.15) is 17.7 Å².